The van der Waals surface area contributed by atoms with E-state index in [1.54, 1.807) is 0 Å². The van der Waals surface area contributed by atoms with Gasteiger partial charge in [-0.3, -0.25) is 4.68 Å². The molecule has 0 aromatic carbocycles. The third-order valence-corrected chi connectivity index (χ3v) is 5.91. The number of pyridine rings is 2. The Labute approximate surface area is 169 Å². The van der Waals surface area contributed by atoms with Gasteiger partial charge in [-0.2, -0.15) is 5.10 Å². The van der Waals surface area contributed by atoms with Crippen LogP contribution in [-0.2, 0) is 12.6 Å². The molecule has 0 radical (unpaired) electrons. The second-order valence-electron chi connectivity index (χ2n) is 8.53. The number of nitrogens with one attached hydrogen (secondary N) is 1. The number of imidazole rings is 1. The van der Waals surface area contributed by atoms with E-state index in [0.29, 0.717) is 12.0 Å². The Morgan fingerprint density at radius 2 is 2.00 bits per heavy atom. The van der Waals surface area contributed by atoms with E-state index in [0.717, 1.165) is 52.2 Å². The average molecular weight is 390 g/mol. The molecule has 1 saturated carbocycles. The number of nitrogens with two attached hydrogens (primary N) is 1. The molecule has 1 aliphatic rings. The fourth-order valence-electron chi connectivity index (χ4n) is 3.99. The summed E-state index contributed by atoms with van der Waals surface area (Å²) in [5.41, 5.74) is 9.90. The Bertz CT molecular complexity index is 1210. The SMILES string of the molecule is CC(C)n1cnc2ccc(Nc3cc4c(C(C)(N)C5CC5)nn(C)c4cn3)nc21. The van der Waals surface area contributed by atoms with Crippen molar-refractivity contribution in [2.24, 2.45) is 18.7 Å². The molecule has 4 aromatic heterocycles. The average Bonchev–Trinajstić information content (AvgIpc) is 3.38. The van der Waals surface area contributed by atoms with E-state index in [-0.39, 0.29) is 0 Å². The van der Waals surface area contributed by atoms with Gasteiger partial charge in [0.15, 0.2) is 5.65 Å². The van der Waals surface area contributed by atoms with Gasteiger partial charge in [-0.15, -0.1) is 0 Å². The molecule has 1 unspecified atom stereocenters. The van der Waals surface area contributed by atoms with Crippen LogP contribution in [0.25, 0.3) is 22.1 Å². The highest BCUT2D eigenvalue weighted by atomic mass is 15.3. The zero-order chi connectivity index (χ0) is 20.3. The zero-order valence-electron chi connectivity index (χ0n) is 17.2. The van der Waals surface area contributed by atoms with Crippen LogP contribution < -0.4 is 11.1 Å². The van der Waals surface area contributed by atoms with E-state index in [4.69, 9.17) is 15.8 Å². The highest BCUT2D eigenvalue weighted by Crippen LogP contribution is 2.45. The lowest BCUT2D eigenvalue weighted by molar-refractivity contribution is 0.412. The second-order valence-corrected chi connectivity index (χ2v) is 8.53. The molecule has 1 fully saturated rings. The number of hydrogen-bond donors (Lipinski definition) is 2. The third-order valence-electron chi connectivity index (χ3n) is 5.91. The summed E-state index contributed by atoms with van der Waals surface area (Å²) < 4.78 is 3.92. The lowest BCUT2D eigenvalue weighted by Crippen LogP contribution is -2.36. The van der Waals surface area contributed by atoms with Crippen molar-refractivity contribution in [1.82, 2.24) is 29.3 Å². The minimum atomic E-state index is -0.431. The molecule has 4 aromatic rings. The van der Waals surface area contributed by atoms with E-state index in [9.17, 15) is 0 Å². The summed E-state index contributed by atoms with van der Waals surface area (Å²) in [6, 6.07) is 6.21. The first-order chi connectivity index (χ1) is 13.8. The van der Waals surface area contributed by atoms with Crippen LogP contribution in [-0.4, -0.2) is 29.3 Å². The monoisotopic (exact) mass is 390 g/mol. The predicted octanol–water partition coefficient (Wildman–Crippen LogP) is 3.62. The lowest BCUT2D eigenvalue weighted by atomic mass is 9.91. The van der Waals surface area contributed by atoms with Gasteiger partial charge in [0.05, 0.1) is 29.3 Å². The number of rotatable bonds is 5. The van der Waals surface area contributed by atoms with Crippen LogP contribution >= 0.6 is 0 Å². The second kappa shape index (κ2) is 6.25. The van der Waals surface area contributed by atoms with Gasteiger partial charge in [0.25, 0.3) is 0 Å². The van der Waals surface area contributed by atoms with E-state index < -0.39 is 5.54 Å². The normalized spacial score (nSPS) is 16.6. The summed E-state index contributed by atoms with van der Waals surface area (Å²) >= 11 is 0. The molecule has 4 heterocycles. The lowest BCUT2D eigenvalue weighted by Gasteiger charge is -2.22. The first-order valence-electron chi connectivity index (χ1n) is 10.1. The smallest absolute Gasteiger partial charge is 0.162 e. The van der Waals surface area contributed by atoms with E-state index in [1.807, 2.05) is 42.5 Å². The highest BCUT2D eigenvalue weighted by molar-refractivity contribution is 5.85. The number of hydrogen-bond acceptors (Lipinski definition) is 6. The Hall–Kier alpha value is -3.00. The summed E-state index contributed by atoms with van der Waals surface area (Å²) in [7, 11) is 1.94. The fourth-order valence-corrected chi connectivity index (χ4v) is 3.99. The number of anilines is 2. The van der Waals surface area contributed by atoms with Crippen molar-refractivity contribution in [2.45, 2.75) is 45.2 Å². The Balaban J connectivity index is 1.54. The molecule has 0 bridgehead atoms. The van der Waals surface area contributed by atoms with Gasteiger partial charge in [-0.05, 0) is 57.7 Å². The van der Waals surface area contributed by atoms with Crippen molar-refractivity contribution < 1.29 is 0 Å². The van der Waals surface area contributed by atoms with Crippen molar-refractivity contribution in [2.75, 3.05) is 5.32 Å². The van der Waals surface area contributed by atoms with Gasteiger partial charge in [0.2, 0.25) is 0 Å². The van der Waals surface area contributed by atoms with Crippen LogP contribution in [0.1, 0.15) is 45.3 Å². The van der Waals surface area contributed by atoms with Gasteiger partial charge in [-0.25, -0.2) is 15.0 Å². The molecular formula is C21H26N8. The van der Waals surface area contributed by atoms with Crippen LogP contribution in [0.15, 0.2) is 30.7 Å². The van der Waals surface area contributed by atoms with Crippen LogP contribution in [0.4, 0.5) is 11.6 Å². The van der Waals surface area contributed by atoms with Gasteiger partial charge < -0.3 is 15.6 Å². The summed E-state index contributed by atoms with van der Waals surface area (Å²) in [5.74, 6) is 1.95. The van der Waals surface area contributed by atoms with Gasteiger partial charge in [0, 0.05) is 18.5 Å². The maximum Gasteiger partial charge on any atom is 0.162 e. The summed E-state index contributed by atoms with van der Waals surface area (Å²) in [5, 5.41) is 9.11. The number of aromatic nitrogens is 6. The predicted molar refractivity (Wildman–Crippen MR) is 114 cm³/mol. The molecular weight excluding hydrogens is 364 g/mol. The highest BCUT2D eigenvalue weighted by Gasteiger charge is 2.42. The van der Waals surface area contributed by atoms with Crippen molar-refractivity contribution in [3.05, 3.63) is 36.4 Å². The van der Waals surface area contributed by atoms with Crippen LogP contribution in [0, 0.1) is 5.92 Å². The molecule has 0 amide bonds. The summed E-state index contributed by atoms with van der Waals surface area (Å²) in [4.78, 5) is 13.7. The number of aryl methyl sites for hydroxylation is 1. The molecule has 8 nitrogen and oxygen atoms in total. The van der Waals surface area contributed by atoms with Crippen LogP contribution in [0.2, 0.25) is 0 Å². The minimum absolute atomic E-state index is 0.292. The Morgan fingerprint density at radius 1 is 1.21 bits per heavy atom. The van der Waals surface area contributed by atoms with Crippen LogP contribution in [0.5, 0.6) is 0 Å². The maximum atomic E-state index is 6.68. The quantitative estimate of drug-likeness (QED) is 0.540. The van der Waals surface area contributed by atoms with Gasteiger partial charge >= 0.3 is 0 Å². The van der Waals surface area contributed by atoms with Crippen LogP contribution in [0.3, 0.4) is 0 Å². The van der Waals surface area contributed by atoms with Crippen molar-refractivity contribution in [3.63, 3.8) is 0 Å². The molecule has 1 aliphatic carbocycles. The standard InChI is InChI=1S/C21H26N8/c1-12(2)29-11-24-15-7-8-17(26-20(15)29)25-18-9-14-16(10-23-18)28(4)27-19(14)21(3,22)13-5-6-13/h7-13H,5-6,22H2,1-4H3,(H,23,25,26). The third kappa shape index (κ3) is 2.95. The summed E-state index contributed by atoms with van der Waals surface area (Å²) in [6.07, 6.45) is 6.00. The van der Waals surface area contributed by atoms with Gasteiger partial charge in [0.1, 0.15) is 17.2 Å². The first kappa shape index (κ1) is 18.1. The molecule has 29 heavy (non-hydrogen) atoms. The Morgan fingerprint density at radius 3 is 2.72 bits per heavy atom. The molecule has 3 N–H and O–H groups in total. The molecule has 8 heteroatoms. The number of fused-ring (bicyclic) bond motifs is 2. The summed E-state index contributed by atoms with van der Waals surface area (Å²) in [6.45, 7) is 6.32. The topological polar surface area (TPSA) is 99.5 Å². The largest absolute Gasteiger partial charge is 0.325 e. The van der Waals surface area contributed by atoms with E-state index >= 15 is 0 Å². The molecule has 0 saturated heterocycles. The minimum Gasteiger partial charge on any atom is -0.325 e. The van der Waals surface area contributed by atoms with Crippen molar-refractivity contribution in [1.29, 1.82) is 0 Å². The van der Waals surface area contributed by atoms with Gasteiger partial charge in [-0.1, -0.05) is 0 Å². The fraction of sp³-hybridized carbons (Fsp3) is 0.429. The molecule has 1 atom stereocenters. The number of nitrogens with zero attached hydrogens (tertiary/aromatic N) is 6. The maximum absolute atomic E-state index is 6.68. The van der Waals surface area contributed by atoms with E-state index in [1.165, 1.54) is 0 Å². The van der Waals surface area contributed by atoms with E-state index in [2.05, 4.69) is 40.6 Å². The first-order valence-corrected chi connectivity index (χ1v) is 10.1. The molecule has 150 valence electrons. The van der Waals surface area contributed by atoms with Crippen molar-refractivity contribution in [3.8, 4) is 0 Å². The molecule has 5 rings (SSSR count). The molecule has 0 spiro atoms. The zero-order valence-corrected chi connectivity index (χ0v) is 17.2. The van der Waals surface area contributed by atoms with Crippen molar-refractivity contribution >= 4 is 33.7 Å². The molecule has 0 aliphatic heterocycles. The Kier molecular flexibility index (Phi) is 3.89.